The number of halogens is 1. The van der Waals surface area contributed by atoms with Gasteiger partial charge < -0.3 is 10.1 Å². The molecule has 3 amide bonds. The average molecular weight is 504 g/mol. The summed E-state index contributed by atoms with van der Waals surface area (Å²) in [6, 6.07) is 10.7. The fourth-order valence-corrected chi connectivity index (χ4v) is 3.31. The van der Waals surface area contributed by atoms with Crippen LogP contribution in [0, 0.1) is 19.8 Å². The zero-order valence-electron chi connectivity index (χ0n) is 18.9. The molecule has 0 radical (unpaired) electrons. The summed E-state index contributed by atoms with van der Waals surface area (Å²) < 4.78 is 6.36. The van der Waals surface area contributed by atoms with Crippen LogP contribution >= 0.6 is 15.9 Å². The summed E-state index contributed by atoms with van der Waals surface area (Å²) >= 11 is 3.40. The number of hydrogen-bond donors (Lipinski definition) is 3. The van der Waals surface area contributed by atoms with Gasteiger partial charge in [0.25, 0.3) is 5.91 Å². The lowest BCUT2D eigenvalue weighted by atomic mass is 10.1. The molecule has 0 saturated heterocycles. The maximum atomic E-state index is 12.3. The van der Waals surface area contributed by atoms with Crippen LogP contribution in [0.2, 0.25) is 0 Å². The first-order chi connectivity index (χ1) is 15.2. The van der Waals surface area contributed by atoms with Gasteiger partial charge in [-0.1, -0.05) is 31.5 Å². The number of benzene rings is 2. The Balaban J connectivity index is 1.76. The second-order valence-electron chi connectivity index (χ2n) is 8.05. The van der Waals surface area contributed by atoms with Crippen LogP contribution in [-0.2, 0) is 9.59 Å². The van der Waals surface area contributed by atoms with Crippen LogP contribution in [0.3, 0.4) is 0 Å². The van der Waals surface area contributed by atoms with E-state index in [-0.39, 0.29) is 18.7 Å². The topological polar surface area (TPSA) is 96.5 Å². The van der Waals surface area contributed by atoms with Crippen LogP contribution in [0.4, 0.5) is 5.69 Å². The highest BCUT2D eigenvalue weighted by Gasteiger charge is 2.12. The highest BCUT2D eigenvalue weighted by Crippen LogP contribution is 2.26. The molecule has 7 nitrogen and oxygen atoms in total. The first-order valence-electron chi connectivity index (χ1n) is 10.5. The highest BCUT2D eigenvalue weighted by atomic mass is 79.9. The molecule has 32 heavy (non-hydrogen) atoms. The van der Waals surface area contributed by atoms with Crippen molar-refractivity contribution in [2.24, 2.45) is 5.92 Å². The number of rotatable bonds is 9. The van der Waals surface area contributed by atoms with E-state index in [1.807, 2.05) is 32.0 Å². The number of anilines is 1. The Morgan fingerprint density at radius 3 is 2.34 bits per heavy atom. The first-order valence-corrected chi connectivity index (χ1v) is 11.3. The number of amides is 3. The molecule has 0 fully saturated rings. The summed E-state index contributed by atoms with van der Waals surface area (Å²) in [7, 11) is 0. The molecular weight excluding hydrogens is 474 g/mol. The van der Waals surface area contributed by atoms with Crippen molar-refractivity contribution in [1.82, 2.24) is 10.9 Å². The van der Waals surface area contributed by atoms with Gasteiger partial charge in [0, 0.05) is 24.1 Å². The SMILES string of the molecule is Cc1ccc(NC(=O)CCC(=O)NNC(=O)c2ccc(OCCC(C)C)c(Br)c2)c(C)c1. The zero-order chi connectivity index (χ0) is 23.7. The van der Waals surface area contributed by atoms with E-state index in [9.17, 15) is 14.4 Å². The zero-order valence-corrected chi connectivity index (χ0v) is 20.5. The fourth-order valence-electron chi connectivity index (χ4n) is 2.82. The lowest BCUT2D eigenvalue weighted by Crippen LogP contribution is -2.41. The van der Waals surface area contributed by atoms with E-state index >= 15 is 0 Å². The normalized spacial score (nSPS) is 10.6. The van der Waals surface area contributed by atoms with E-state index in [4.69, 9.17) is 4.74 Å². The van der Waals surface area contributed by atoms with Gasteiger partial charge >= 0.3 is 0 Å². The van der Waals surface area contributed by atoms with Crippen LogP contribution in [0.5, 0.6) is 5.75 Å². The number of ether oxygens (including phenoxy) is 1. The lowest BCUT2D eigenvalue weighted by Gasteiger charge is -2.12. The van der Waals surface area contributed by atoms with Gasteiger partial charge in [-0.25, -0.2) is 0 Å². The molecule has 0 unspecified atom stereocenters. The van der Waals surface area contributed by atoms with Crippen LogP contribution in [0.15, 0.2) is 40.9 Å². The lowest BCUT2D eigenvalue weighted by molar-refractivity contribution is -0.124. The Hall–Kier alpha value is -2.87. The van der Waals surface area contributed by atoms with Gasteiger partial charge in [0.05, 0.1) is 11.1 Å². The van der Waals surface area contributed by atoms with Gasteiger partial charge in [-0.3, -0.25) is 25.2 Å². The van der Waals surface area contributed by atoms with Crippen LogP contribution in [0.1, 0.15) is 54.6 Å². The summed E-state index contributed by atoms with van der Waals surface area (Å²) in [5, 5.41) is 2.79. The first kappa shape index (κ1) is 25.4. The molecule has 0 aliphatic rings. The number of aryl methyl sites for hydroxylation is 2. The molecule has 0 aromatic heterocycles. The third-order valence-corrected chi connectivity index (χ3v) is 5.32. The van der Waals surface area contributed by atoms with Gasteiger partial charge in [0.15, 0.2) is 0 Å². The molecule has 2 aromatic rings. The number of nitrogens with one attached hydrogen (secondary N) is 3. The second kappa shape index (κ2) is 12.2. The third kappa shape index (κ3) is 8.34. The van der Waals surface area contributed by atoms with Crippen molar-refractivity contribution in [1.29, 1.82) is 0 Å². The van der Waals surface area contributed by atoms with Crippen molar-refractivity contribution in [3.05, 3.63) is 57.6 Å². The molecule has 0 saturated carbocycles. The maximum Gasteiger partial charge on any atom is 0.269 e. The Morgan fingerprint density at radius 1 is 0.969 bits per heavy atom. The van der Waals surface area contributed by atoms with Gasteiger partial charge in [-0.15, -0.1) is 0 Å². The monoisotopic (exact) mass is 503 g/mol. The maximum absolute atomic E-state index is 12.3. The standard InChI is InChI=1S/C24H30BrN3O4/c1-15(2)11-12-32-21-8-6-18(14-19(21)25)24(31)28-27-23(30)10-9-22(29)26-20-7-5-16(3)13-17(20)4/h5-8,13-15H,9-12H2,1-4H3,(H,26,29)(H,27,30)(H,28,31). The Morgan fingerprint density at radius 2 is 1.69 bits per heavy atom. The molecule has 3 N–H and O–H groups in total. The molecule has 0 aliphatic carbocycles. The minimum Gasteiger partial charge on any atom is -0.492 e. The van der Waals surface area contributed by atoms with Crippen LogP contribution < -0.4 is 20.9 Å². The molecule has 0 heterocycles. The second-order valence-corrected chi connectivity index (χ2v) is 8.90. The Kier molecular flexibility index (Phi) is 9.71. The molecule has 0 atom stereocenters. The van der Waals surface area contributed by atoms with E-state index in [1.165, 1.54) is 0 Å². The van der Waals surface area contributed by atoms with E-state index < -0.39 is 11.8 Å². The minimum atomic E-state index is -0.465. The average Bonchev–Trinajstić information content (AvgIpc) is 2.73. The fraction of sp³-hybridized carbons (Fsp3) is 0.375. The van der Waals surface area contributed by atoms with E-state index in [1.54, 1.807) is 18.2 Å². The van der Waals surface area contributed by atoms with Crippen molar-refractivity contribution in [3.8, 4) is 5.75 Å². The van der Waals surface area contributed by atoms with Gasteiger partial charge in [-0.2, -0.15) is 0 Å². The van der Waals surface area contributed by atoms with E-state index in [0.717, 1.165) is 23.2 Å². The van der Waals surface area contributed by atoms with Gasteiger partial charge in [0.1, 0.15) is 5.75 Å². The molecular formula is C24H30BrN3O4. The predicted molar refractivity (Wildman–Crippen MR) is 128 cm³/mol. The summed E-state index contributed by atoms with van der Waals surface area (Å²) in [5.74, 6) is 0.00561. The summed E-state index contributed by atoms with van der Waals surface area (Å²) in [5.41, 5.74) is 7.84. The van der Waals surface area contributed by atoms with E-state index in [0.29, 0.717) is 28.3 Å². The Labute approximate surface area is 197 Å². The van der Waals surface area contributed by atoms with Gasteiger partial charge in [0.2, 0.25) is 11.8 Å². The summed E-state index contributed by atoms with van der Waals surface area (Å²) in [4.78, 5) is 36.4. The molecule has 0 aliphatic heterocycles. The van der Waals surface area contributed by atoms with Gasteiger partial charge in [-0.05, 0) is 71.9 Å². The molecule has 2 aromatic carbocycles. The van der Waals surface area contributed by atoms with E-state index in [2.05, 4.69) is 45.9 Å². The molecule has 8 heteroatoms. The third-order valence-electron chi connectivity index (χ3n) is 4.70. The van der Waals surface area contributed by atoms with Crippen molar-refractivity contribution < 1.29 is 19.1 Å². The minimum absolute atomic E-state index is 0.00296. The number of hydrazine groups is 1. The number of carbonyl (C=O) groups is 3. The largest absolute Gasteiger partial charge is 0.492 e. The quantitative estimate of drug-likeness (QED) is 0.433. The van der Waals surface area contributed by atoms with Crippen molar-refractivity contribution in [2.75, 3.05) is 11.9 Å². The predicted octanol–water partition coefficient (Wildman–Crippen LogP) is 4.67. The smallest absolute Gasteiger partial charge is 0.269 e. The van der Waals surface area contributed by atoms with Crippen LogP contribution in [-0.4, -0.2) is 24.3 Å². The molecule has 0 spiro atoms. The van der Waals surface area contributed by atoms with Crippen LogP contribution in [0.25, 0.3) is 0 Å². The van der Waals surface area contributed by atoms with Crippen molar-refractivity contribution >= 4 is 39.3 Å². The number of hydrogen-bond acceptors (Lipinski definition) is 4. The Bertz CT molecular complexity index is 976. The summed E-state index contributed by atoms with van der Waals surface area (Å²) in [6.45, 7) is 8.73. The molecule has 0 bridgehead atoms. The summed E-state index contributed by atoms with van der Waals surface area (Å²) in [6.07, 6.45) is 0.885. The molecule has 2 rings (SSSR count). The van der Waals surface area contributed by atoms with Crippen molar-refractivity contribution in [2.45, 2.75) is 47.0 Å². The molecule has 172 valence electrons. The number of carbonyl (C=O) groups excluding carboxylic acids is 3. The van der Waals surface area contributed by atoms with Crippen molar-refractivity contribution in [3.63, 3.8) is 0 Å². The highest BCUT2D eigenvalue weighted by molar-refractivity contribution is 9.10.